The Morgan fingerprint density at radius 2 is 1.57 bits per heavy atom. The molecule has 1 aromatic carbocycles. The molecule has 0 aliphatic heterocycles. The standard InChI is InChI=1S/C17H24FNO2/c1-12(20)16(2,3)11-17(4,5)15(21)19-10-13-6-8-14(18)9-7-13/h6-9H,10-11H2,1-5H3,(H,19,21). The van der Waals surface area contributed by atoms with E-state index in [9.17, 15) is 14.0 Å². The third kappa shape index (κ3) is 4.96. The maximum atomic E-state index is 12.8. The van der Waals surface area contributed by atoms with Gasteiger partial charge in [0.25, 0.3) is 0 Å². The molecule has 0 heterocycles. The molecule has 0 spiro atoms. The van der Waals surface area contributed by atoms with Gasteiger partial charge in [0, 0.05) is 17.4 Å². The minimum atomic E-state index is -0.644. The molecule has 0 aromatic heterocycles. The second-order valence-electron chi connectivity index (χ2n) is 6.81. The monoisotopic (exact) mass is 293 g/mol. The highest BCUT2D eigenvalue weighted by Crippen LogP contribution is 2.34. The first-order valence-electron chi connectivity index (χ1n) is 7.08. The van der Waals surface area contributed by atoms with Crippen LogP contribution < -0.4 is 5.32 Å². The Labute approximate surface area is 125 Å². The van der Waals surface area contributed by atoms with Crippen molar-refractivity contribution >= 4 is 11.7 Å². The summed E-state index contributed by atoms with van der Waals surface area (Å²) in [4.78, 5) is 23.9. The van der Waals surface area contributed by atoms with Crippen molar-refractivity contribution in [3.63, 3.8) is 0 Å². The molecule has 0 atom stereocenters. The molecular weight excluding hydrogens is 269 g/mol. The molecule has 1 rings (SSSR count). The lowest BCUT2D eigenvalue weighted by Crippen LogP contribution is -2.41. The lowest BCUT2D eigenvalue weighted by Gasteiger charge is -2.32. The van der Waals surface area contributed by atoms with Gasteiger partial charge in [-0.2, -0.15) is 0 Å². The number of rotatable bonds is 6. The summed E-state index contributed by atoms with van der Waals surface area (Å²) < 4.78 is 12.8. The fourth-order valence-corrected chi connectivity index (χ4v) is 2.33. The van der Waals surface area contributed by atoms with Crippen LogP contribution in [0.5, 0.6) is 0 Å². The minimum Gasteiger partial charge on any atom is -0.352 e. The van der Waals surface area contributed by atoms with Crippen LogP contribution in [-0.4, -0.2) is 11.7 Å². The van der Waals surface area contributed by atoms with Gasteiger partial charge in [0.05, 0.1) is 0 Å². The smallest absolute Gasteiger partial charge is 0.225 e. The third-order valence-corrected chi connectivity index (χ3v) is 3.82. The van der Waals surface area contributed by atoms with Crippen molar-refractivity contribution in [1.29, 1.82) is 0 Å². The number of Topliss-reactive ketones (excluding diaryl/α,β-unsaturated/α-hetero) is 1. The maximum Gasteiger partial charge on any atom is 0.225 e. The molecule has 4 heteroatoms. The highest BCUT2D eigenvalue weighted by molar-refractivity contribution is 5.85. The predicted molar refractivity (Wildman–Crippen MR) is 81.1 cm³/mol. The van der Waals surface area contributed by atoms with E-state index in [4.69, 9.17) is 0 Å². The van der Waals surface area contributed by atoms with E-state index in [0.717, 1.165) is 5.56 Å². The second kappa shape index (κ2) is 6.37. The van der Waals surface area contributed by atoms with Gasteiger partial charge in [0.15, 0.2) is 0 Å². The minimum absolute atomic E-state index is 0.0712. The van der Waals surface area contributed by atoms with Gasteiger partial charge in [-0.3, -0.25) is 9.59 Å². The Morgan fingerprint density at radius 1 is 1.05 bits per heavy atom. The number of hydrogen-bond donors (Lipinski definition) is 1. The number of ketones is 1. The lowest BCUT2D eigenvalue weighted by molar-refractivity contribution is -0.134. The molecular formula is C17H24FNO2. The summed E-state index contributed by atoms with van der Waals surface area (Å²) in [5, 5.41) is 2.85. The van der Waals surface area contributed by atoms with Crippen molar-refractivity contribution in [2.24, 2.45) is 10.8 Å². The Bertz CT molecular complexity index is 518. The van der Waals surface area contributed by atoms with Crippen LogP contribution in [0.2, 0.25) is 0 Å². The number of carbonyl (C=O) groups excluding carboxylic acids is 2. The summed E-state index contributed by atoms with van der Waals surface area (Å²) in [6.07, 6.45) is 0.477. The largest absolute Gasteiger partial charge is 0.352 e. The average molecular weight is 293 g/mol. The number of halogens is 1. The molecule has 0 radical (unpaired) electrons. The summed E-state index contributed by atoms with van der Waals surface area (Å²) in [6, 6.07) is 6.02. The highest BCUT2D eigenvalue weighted by atomic mass is 19.1. The zero-order valence-electron chi connectivity index (χ0n) is 13.4. The van der Waals surface area contributed by atoms with Crippen LogP contribution in [0.25, 0.3) is 0 Å². The van der Waals surface area contributed by atoms with Crippen LogP contribution >= 0.6 is 0 Å². The summed E-state index contributed by atoms with van der Waals surface area (Å²) in [6.45, 7) is 9.26. The predicted octanol–water partition coefficient (Wildman–Crippen LogP) is 3.47. The van der Waals surface area contributed by atoms with Crippen molar-refractivity contribution in [2.75, 3.05) is 0 Å². The fourth-order valence-electron chi connectivity index (χ4n) is 2.33. The summed E-state index contributed by atoms with van der Waals surface area (Å²) >= 11 is 0. The summed E-state index contributed by atoms with van der Waals surface area (Å²) in [5.41, 5.74) is -0.335. The van der Waals surface area contributed by atoms with Crippen LogP contribution in [0, 0.1) is 16.6 Å². The van der Waals surface area contributed by atoms with Gasteiger partial charge in [-0.05, 0) is 31.0 Å². The van der Waals surface area contributed by atoms with E-state index in [0.29, 0.717) is 13.0 Å². The van der Waals surface area contributed by atoms with Crippen molar-refractivity contribution in [3.8, 4) is 0 Å². The number of benzene rings is 1. The number of amides is 1. The van der Waals surface area contributed by atoms with Crippen molar-refractivity contribution in [3.05, 3.63) is 35.6 Å². The van der Waals surface area contributed by atoms with Gasteiger partial charge in [0.1, 0.15) is 11.6 Å². The third-order valence-electron chi connectivity index (χ3n) is 3.82. The number of nitrogens with one attached hydrogen (secondary N) is 1. The molecule has 1 amide bonds. The molecule has 0 unspecified atom stereocenters. The average Bonchev–Trinajstić information content (AvgIpc) is 2.36. The SMILES string of the molecule is CC(=O)C(C)(C)CC(C)(C)C(=O)NCc1ccc(F)cc1. The molecule has 3 nitrogen and oxygen atoms in total. The lowest BCUT2D eigenvalue weighted by atomic mass is 9.72. The van der Waals surface area contributed by atoms with E-state index in [2.05, 4.69) is 5.32 Å². The fraction of sp³-hybridized carbons (Fsp3) is 0.529. The first kappa shape index (κ1) is 17.3. The van der Waals surface area contributed by atoms with Gasteiger partial charge in [-0.25, -0.2) is 4.39 Å². The Morgan fingerprint density at radius 3 is 2.05 bits per heavy atom. The van der Waals surface area contributed by atoms with Crippen LogP contribution in [0.15, 0.2) is 24.3 Å². The van der Waals surface area contributed by atoms with Crippen molar-refractivity contribution in [2.45, 2.75) is 47.6 Å². The van der Waals surface area contributed by atoms with Gasteiger partial charge in [-0.1, -0.05) is 39.8 Å². The first-order valence-corrected chi connectivity index (χ1v) is 7.08. The highest BCUT2D eigenvalue weighted by Gasteiger charge is 2.36. The van der Waals surface area contributed by atoms with Crippen LogP contribution in [0.1, 0.15) is 46.6 Å². The molecule has 116 valence electrons. The van der Waals surface area contributed by atoms with Gasteiger partial charge in [-0.15, -0.1) is 0 Å². The number of carbonyl (C=O) groups is 2. The van der Waals surface area contributed by atoms with Gasteiger partial charge < -0.3 is 5.32 Å². The molecule has 21 heavy (non-hydrogen) atoms. The van der Waals surface area contributed by atoms with E-state index in [1.54, 1.807) is 19.1 Å². The summed E-state index contributed by atoms with van der Waals surface area (Å²) in [5.74, 6) is -0.336. The second-order valence-corrected chi connectivity index (χ2v) is 6.81. The molecule has 0 bridgehead atoms. The Balaban J connectivity index is 2.65. The van der Waals surface area contributed by atoms with Crippen molar-refractivity contribution in [1.82, 2.24) is 5.32 Å². The van der Waals surface area contributed by atoms with Crippen LogP contribution in [0.3, 0.4) is 0 Å². The topological polar surface area (TPSA) is 46.2 Å². The van der Waals surface area contributed by atoms with E-state index < -0.39 is 10.8 Å². The molecule has 0 aliphatic carbocycles. The van der Waals surface area contributed by atoms with E-state index in [1.165, 1.54) is 12.1 Å². The van der Waals surface area contributed by atoms with Gasteiger partial charge >= 0.3 is 0 Å². The van der Waals surface area contributed by atoms with Crippen LogP contribution in [0.4, 0.5) is 4.39 Å². The van der Waals surface area contributed by atoms with E-state index >= 15 is 0 Å². The van der Waals surface area contributed by atoms with Gasteiger partial charge in [0.2, 0.25) is 5.91 Å². The van der Waals surface area contributed by atoms with Crippen LogP contribution in [-0.2, 0) is 16.1 Å². The zero-order chi connectivity index (χ0) is 16.3. The Kier molecular flexibility index (Phi) is 5.26. The zero-order valence-corrected chi connectivity index (χ0v) is 13.4. The summed E-state index contributed by atoms with van der Waals surface area (Å²) in [7, 11) is 0. The van der Waals surface area contributed by atoms with Crippen molar-refractivity contribution < 1.29 is 14.0 Å². The van der Waals surface area contributed by atoms with E-state index in [1.807, 2.05) is 27.7 Å². The molecule has 0 aliphatic rings. The number of hydrogen-bond acceptors (Lipinski definition) is 2. The normalized spacial score (nSPS) is 12.1. The molecule has 0 fully saturated rings. The maximum absolute atomic E-state index is 12.8. The molecule has 0 saturated carbocycles. The van der Waals surface area contributed by atoms with E-state index in [-0.39, 0.29) is 17.5 Å². The Hall–Kier alpha value is -1.71. The quantitative estimate of drug-likeness (QED) is 0.873. The molecule has 0 saturated heterocycles. The molecule has 1 aromatic rings. The first-order chi connectivity index (χ1) is 9.54. The molecule has 1 N–H and O–H groups in total.